The summed E-state index contributed by atoms with van der Waals surface area (Å²) in [6, 6.07) is 17.0. The Morgan fingerprint density at radius 1 is 1.05 bits per heavy atom. The third-order valence-electron chi connectivity index (χ3n) is 2.97. The van der Waals surface area contributed by atoms with Gasteiger partial charge in [-0.25, -0.2) is 0 Å². The van der Waals surface area contributed by atoms with Crippen LogP contribution in [0.15, 0.2) is 57.9 Å². The molecule has 0 bridgehead atoms. The van der Waals surface area contributed by atoms with Gasteiger partial charge in [0.1, 0.15) is 0 Å². The normalized spacial score (nSPS) is 14.1. The molecule has 2 rings (SSSR count). The van der Waals surface area contributed by atoms with Crippen LogP contribution in [0.4, 0.5) is 0 Å². The first-order chi connectivity index (χ1) is 9.08. The van der Waals surface area contributed by atoms with Gasteiger partial charge in [-0.15, -0.1) is 11.8 Å². The van der Waals surface area contributed by atoms with E-state index in [9.17, 15) is 0 Å². The largest absolute Gasteiger partial charge is 0.327 e. The van der Waals surface area contributed by atoms with Gasteiger partial charge in [-0.1, -0.05) is 51.8 Å². The van der Waals surface area contributed by atoms with E-state index >= 15 is 0 Å². The average molecular weight is 336 g/mol. The molecule has 0 heterocycles. The summed E-state index contributed by atoms with van der Waals surface area (Å²) >= 11 is 5.44. The molecule has 0 aromatic heterocycles. The van der Waals surface area contributed by atoms with E-state index in [1.165, 1.54) is 16.0 Å². The predicted molar refractivity (Wildman–Crippen MR) is 87.6 cm³/mol. The van der Waals surface area contributed by atoms with Crippen molar-refractivity contribution in [3.63, 3.8) is 0 Å². The van der Waals surface area contributed by atoms with E-state index in [1.54, 1.807) is 0 Å². The summed E-state index contributed by atoms with van der Waals surface area (Å²) in [7, 11) is 0. The summed E-state index contributed by atoms with van der Waals surface area (Å²) in [5.74, 6) is 0. The molecule has 0 aliphatic carbocycles. The molecule has 19 heavy (non-hydrogen) atoms. The second-order valence-corrected chi connectivity index (χ2v) is 6.80. The third kappa shape index (κ3) is 3.85. The smallest absolute Gasteiger partial charge is 0.0503 e. The summed E-state index contributed by atoms with van der Waals surface area (Å²) < 4.78 is 1.12. The maximum Gasteiger partial charge on any atom is 0.0503 e. The minimum absolute atomic E-state index is 0.0880. The maximum atomic E-state index is 6.17. The molecule has 0 saturated heterocycles. The highest BCUT2D eigenvalue weighted by Gasteiger charge is 2.19. The molecular weight excluding hydrogens is 318 g/mol. The standard InChI is InChI=1S/C16H18BrNS/c1-11-7-9-13(10-8-11)19-16(12(2)18)14-5-3-4-6-15(14)17/h3-10,12,16H,18H2,1-2H3. The molecule has 2 aromatic carbocycles. The number of thioether (sulfide) groups is 1. The fourth-order valence-corrected chi connectivity index (χ4v) is 3.74. The van der Waals surface area contributed by atoms with E-state index in [-0.39, 0.29) is 11.3 Å². The van der Waals surface area contributed by atoms with Gasteiger partial charge >= 0.3 is 0 Å². The minimum atomic E-state index is 0.0880. The van der Waals surface area contributed by atoms with Crippen LogP contribution in [-0.4, -0.2) is 6.04 Å². The topological polar surface area (TPSA) is 26.0 Å². The molecular formula is C16H18BrNS. The molecule has 2 N–H and O–H groups in total. The quantitative estimate of drug-likeness (QED) is 0.801. The van der Waals surface area contributed by atoms with E-state index in [4.69, 9.17) is 5.73 Å². The van der Waals surface area contributed by atoms with Crippen LogP contribution < -0.4 is 5.73 Å². The highest BCUT2D eigenvalue weighted by molar-refractivity contribution is 9.10. The number of rotatable bonds is 4. The van der Waals surface area contributed by atoms with E-state index in [0.717, 1.165) is 4.47 Å². The van der Waals surface area contributed by atoms with Crippen LogP contribution in [0.3, 0.4) is 0 Å². The maximum absolute atomic E-state index is 6.17. The van der Waals surface area contributed by atoms with Crippen molar-refractivity contribution in [1.29, 1.82) is 0 Å². The van der Waals surface area contributed by atoms with E-state index in [1.807, 2.05) is 17.8 Å². The molecule has 2 unspecified atom stereocenters. The first-order valence-corrected chi connectivity index (χ1v) is 7.98. The zero-order chi connectivity index (χ0) is 13.8. The van der Waals surface area contributed by atoms with Gasteiger partial charge < -0.3 is 5.73 Å². The Morgan fingerprint density at radius 2 is 1.68 bits per heavy atom. The van der Waals surface area contributed by atoms with Crippen molar-refractivity contribution in [2.45, 2.75) is 30.0 Å². The molecule has 0 aliphatic heterocycles. The fraction of sp³-hybridized carbons (Fsp3) is 0.250. The third-order valence-corrected chi connectivity index (χ3v) is 5.18. The highest BCUT2D eigenvalue weighted by Crippen LogP contribution is 2.40. The Kier molecular flexibility index (Phi) is 5.08. The van der Waals surface area contributed by atoms with Crippen molar-refractivity contribution < 1.29 is 0 Å². The van der Waals surface area contributed by atoms with E-state index in [2.05, 4.69) is 72.2 Å². The lowest BCUT2D eigenvalue weighted by molar-refractivity contribution is 0.719. The van der Waals surface area contributed by atoms with Gasteiger partial charge in [0.25, 0.3) is 0 Å². The minimum Gasteiger partial charge on any atom is -0.327 e. The van der Waals surface area contributed by atoms with Gasteiger partial charge in [0, 0.05) is 15.4 Å². The lowest BCUT2D eigenvalue weighted by Gasteiger charge is -2.22. The van der Waals surface area contributed by atoms with Gasteiger partial charge in [-0.2, -0.15) is 0 Å². The monoisotopic (exact) mass is 335 g/mol. The molecule has 0 radical (unpaired) electrons. The summed E-state index contributed by atoms with van der Waals surface area (Å²) in [5, 5.41) is 0.248. The van der Waals surface area contributed by atoms with Crippen LogP contribution in [-0.2, 0) is 0 Å². The van der Waals surface area contributed by atoms with Crippen molar-refractivity contribution >= 4 is 27.7 Å². The Balaban J connectivity index is 2.27. The van der Waals surface area contributed by atoms with Gasteiger partial charge in [0.2, 0.25) is 0 Å². The number of aryl methyl sites for hydroxylation is 1. The first-order valence-electron chi connectivity index (χ1n) is 6.31. The molecule has 0 amide bonds. The number of hydrogen-bond acceptors (Lipinski definition) is 2. The Morgan fingerprint density at radius 3 is 2.26 bits per heavy atom. The average Bonchev–Trinajstić information content (AvgIpc) is 2.39. The van der Waals surface area contributed by atoms with E-state index < -0.39 is 0 Å². The van der Waals surface area contributed by atoms with Gasteiger partial charge in [-0.3, -0.25) is 0 Å². The number of hydrogen-bond donors (Lipinski definition) is 1. The summed E-state index contributed by atoms with van der Waals surface area (Å²) in [6.45, 7) is 4.16. The van der Waals surface area contributed by atoms with E-state index in [0.29, 0.717) is 0 Å². The molecule has 3 heteroatoms. The van der Waals surface area contributed by atoms with Crippen LogP contribution in [0.25, 0.3) is 0 Å². The molecule has 0 saturated carbocycles. The van der Waals surface area contributed by atoms with Gasteiger partial charge in [-0.05, 0) is 37.6 Å². The van der Waals surface area contributed by atoms with Crippen molar-refractivity contribution in [2.24, 2.45) is 5.73 Å². The van der Waals surface area contributed by atoms with Crippen LogP contribution >= 0.6 is 27.7 Å². The number of benzene rings is 2. The zero-order valence-electron chi connectivity index (χ0n) is 11.1. The fourth-order valence-electron chi connectivity index (χ4n) is 1.92. The van der Waals surface area contributed by atoms with Crippen molar-refractivity contribution in [3.05, 3.63) is 64.1 Å². The SMILES string of the molecule is Cc1ccc(SC(c2ccccc2Br)C(C)N)cc1. The summed E-state index contributed by atoms with van der Waals surface area (Å²) in [4.78, 5) is 1.25. The molecule has 1 nitrogen and oxygen atoms in total. The highest BCUT2D eigenvalue weighted by atomic mass is 79.9. The summed E-state index contributed by atoms with van der Waals surface area (Å²) in [6.07, 6.45) is 0. The second kappa shape index (κ2) is 6.60. The van der Waals surface area contributed by atoms with Crippen LogP contribution in [0, 0.1) is 6.92 Å². The summed E-state index contributed by atoms with van der Waals surface area (Å²) in [5.41, 5.74) is 8.71. The number of halogens is 1. The lowest BCUT2D eigenvalue weighted by atomic mass is 10.1. The molecule has 0 fully saturated rings. The molecule has 2 aromatic rings. The molecule has 100 valence electrons. The van der Waals surface area contributed by atoms with Crippen molar-refractivity contribution in [2.75, 3.05) is 0 Å². The van der Waals surface area contributed by atoms with Crippen molar-refractivity contribution in [1.82, 2.24) is 0 Å². The van der Waals surface area contributed by atoms with Crippen LogP contribution in [0.2, 0.25) is 0 Å². The van der Waals surface area contributed by atoms with Gasteiger partial charge in [0.15, 0.2) is 0 Å². The Hall–Kier alpha value is -0.770. The zero-order valence-corrected chi connectivity index (χ0v) is 13.5. The second-order valence-electron chi connectivity index (χ2n) is 4.73. The molecule has 0 aliphatic rings. The Bertz CT molecular complexity index is 537. The van der Waals surface area contributed by atoms with Crippen molar-refractivity contribution in [3.8, 4) is 0 Å². The van der Waals surface area contributed by atoms with Gasteiger partial charge in [0.05, 0.1) is 5.25 Å². The Labute approximate surface area is 127 Å². The van der Waals surface area contributed by atoms with Crippen LogP contribution in [0.5, 0.6) is 0 Å². The lowest BCUT2D eigenvalue weighted by Crippen LogP contribution is -2.22. The van der Waals surface area contributed by atoms with Crippen LogP contribution in [0.1, 0.15) is 23.3 Å². The number of nitrogens with two attached hydrogens (primary N) is 1. The molecule has 2 atom stereocenters. The molecule has 0 spiro atoms. The first kappa shape index (κ1) is 14.6. The predicted octanol–water partition coefficient (Wildman–Crippen LogP) is 4.94.